The van der Waals surface area contributed by atoms with E-state index < -0.39 is 24.3 Å². The van der Waals surface area contributed by atoms with Gasteiger partial charge in [0.2, 0.25) is 0 Å². The number of carbonyl (C=O) groups is 2. The van der Waals surface area contributed by atoms with E-state index in [4.69, 9.17) is 41.7 Å². The monoisotopic (exact) mass is 600 g/mol. The molecular formula is C29H33ClN4O8. The van der Waals surface area contributed by atoms with Crippen LogP contribution in [0.15, 0.2) is 46.7 Å². The van der Waals surface area contributed by atoms with Gasteiger partial charge < -0.3 is 39.4 Å². The smallest absolute Gasteiger partial charge is 0.337 e. The van der Waals surface area contributed by atoms with Crippen LogP contribution in [-0.4, -0.2) is 63.1 Å². The Morgan fingerprint density at radius 3 is 2.60 bits per heavy atom. The molecule has 0 aliphatic carbocycles. The highest BCUT2D eigenvalue weighted by molar-refractivity contribution is 6.32. The SMILES string of the molecule is C#CCOc1c(Cl)cc(/C=N\N[C@H](O)COc2ccc([C@@H]3NC(=O)NC(C)=C3C(=O)OC)cc2OCC)cc1OCC. The second-order valence-corrected chi connectivity index (χ2v) is 9.08. The van der Waals surface area contributed by atoms with E-state index >= 15 is 0 Å². The fraction of sp³-hybridized carbons (Fsp3) is 0.345. The highest BCUT2D eigenvalue weighted by Gasteiger charge is 2.32. The number of nitrogens with zero attached hydrogens (tertiary/aromatic N) is 1. The highest BCUT2D eigenvalue weighted by atomic mass is 35.5. The normalized spacial score (nSPS) is 15.3. The minimum Gasteiger partial charge on any atom is -0.490 e. The molecule has 42 heavy (non-hydrogen) atoms. The van der Waals surface area contributed by atoms with Crippen molar-refractivity contribution in [1.29, 1.82) is 0 Å². The highest BCUT2D eigenvalue weighted by Crippen LogP contribution is 2.37. The molecule has 3 rings (SSSR count). The molecule has 12 nitrogen and oxygen atoms in total. The van der Waals surface area contributed by atoms with E-state index in [1.54, 1.807) is 44.2 Å². The van der Waals surface area contributed by atoms with E-state index in [-0.39, 0.29) is 18.8 Å². The lowest BCUT2D eigenvalue weighted by molar-refractivity contribution is -0.136. The number of amides is 2. The van der Waals surface area contributed by atoms with Crippen molar-refractivity contribution in [1.82, 2.24) is 16.1 Å². The van der Waals surface area contributed by atoms with E-state index in [2.05, 4.69) is 27.1 Å². The second-order valence-electron chi connectivity index (χ2n) is 8.67. The summed E-state index contributed by atoms with van der Waals surface area (Å²) in [6.45, 7) is 5.80. The number of aliphatic hydroxyl groups is 1. The lowest BCUT2D eigenvalue weighted by Gasteiger charge is -2.28. The zero-order chi connectivity index (χ0) is 30.6. The minimum absolute atomic E-state index is 0.0363. The van der Waals surface area contributed by atoms with Crippen LogP contribution in [0.2, 0.25) is 5.02 Å². The molecule has 2 amide bonds. The number of benzene rings is 2. The van der Waals surface area contributed by atoms with Gasteiger partial charge >= 0.3 is 12.0 Å². The van der Waals surface area contributed by atoms with Crippen molar-refractivity contribution < 1.29 is 38.4 Å². The zero-order valence-electron chi connectivity index (χ0n) is 23.7. The van der Waals surface area contributed by atoms with Crippen molar-refractivity contribution in [2.24, 2.45) is 5.10 Å². The summed E-state index contributed by atoms with van der Waals surface area (Å²) in [5.41, 5.74) is 4.38. The maximum Gasteiger partial charge on any atom is 0.337 e. The Balaban J connectivity index is 1.69. The first-order valence-electron chi connectivity index (χ1n) is 13.0. The quantitative estimate of drug-likeness (QED) is 0.0842. The van der Waals surface area contributed by atoms with E-state index in [0.717, 1.165) is 0 Å². The topological polar surface area (TPSA) is 149 Å². The van der Waals surface area contributed by atoms with Crippen molar-refractivity contribution in [3.8, 4) is 35.3 Å². The third-order valence-electron chi connectivity index (χ3n) is 5.74. The molecule has 0 saturated heterocycles. The lowest BCUT2D eigenvalue weighted by atomic mass is 9.95. The number of ether oxygens (including phenoxy) is 5. The fourth-order valence-electron chi connectivity index (χ4n) is 4.00. The van der Waals surface area contributed by atoms with Crippen molar-refractivity contribution in [2.45, 2.75) is 33.0 Å². The fourth-order valence-corrected chi connectivity index (χ4v) is 4.27. The molecule has 0 aromatic heterocycles. The van der Waals surface area contributed by atoms with E-state index in [1.165, 1.54) is 13.3 Å². The lowest BCUT2D eigenvalue weighted by Crippen LogP contribution is -2.45. The number of rotatable bonds is 14. The van der Waals surface area contributed by atoms with Gasteiger partial charge in [-0.1, -0.05) is 23.6 Å². The van der Waals surface area contributed by atoms with Gasteiger partial charge in [-0.05, 0) is 56.2 Å². The minimum atomic E-state index is -1.18. The molecule has 1 aliphatic heterocycles. The Morgan fingerprint density at radius 2 is 1.90 bits per heavy atom. The molecule has 13 heteroatoms. The van der Waals surface area contributed by atoms with Gasteiger partial charge in [0.1, 0.15) is 13.2 Å². The number of hydrogen-bond donors (Lipinski definition) is 4. The van der Waals surface area contributed by atoms with Gasteiger partial charge in [-0.3, -0.25) is 5.43 Å². The third-order valence-corrected chi connectivity index (χ3v) is 6.02. The van der Waals surface area contributed by atoms with Gasteiger partial charge in [-0.25, -0.2) is 9.59 Å². The number of urea groups is 1. The molecule has 0 radical (unpaired) electrons. The first-order valence-corrected chi connectivity index (χ1v) is 13.3. The standard InChI is InChI=1S/C29H33ClN4O8/c1-6-11-41-27-20(30)12-18(13-23(27)40-8-3)15-31-34-24(35)16-42-21-10-9-19(14-22(21)39-7-2)26-25(28(36)38-5)17(4)32-29(37)33-26/h1,9-10,12-15,24,26,34-35H,7-8,11,16H2,2-5H3,(H2,32,33,37)/b31-15-/t24-,26+/m1/s1. The van der Waals surface area contributed by atoms with Crippen LogP contribution < -0.4 is 35.0 Å². The summed E-state index contributed by atoms with van der Waals surface area (Å²) < 4.78 is 27.5. The predicted octanol–water partition coefficient (Wildman–Crippen LogP) is 3.27. The molecule has 0 spiro atoms. The summed E-state index contributed by atoms with van der Waals surface area (Å²) in [5, 5.41) is 20.0. The van der Waals surface area contributed by atoms with Gasteiger partial charge in [0.15, 0.2) is 29.2 Å². The van der Waals surface area contributed by atoms with Crippen LogP contribution in [-0.2, 0) is 9.53 Å². The summed E-state index contributed by atoms with van der Waals surface area (Å²) in [7, 11) is 1.27. The van der Waals surface area contributed by atoms with Gasteiger partial charge in [0.05, 0.1) is 43.2 Å². The molecule has 1 aliphatic rings. The van der Waals surface area contributed by atoms with Crippen LogP contribution >= 0.6 is 11.6 Å². The largest absolute Gasteiger partial charge is 0.490 e. The van der Waals surface area contributed by atoms with Crippen molar-refractivity contribution in [2.75, 3.05) is 33.5 Å². The molecule has 0 fully saturated rings. The molecule has 2 aromatic rings. The molecule has 0 unspecified atom stereocenters. The Kier molecular flexibility index (Phi) is 11.7. The van der Waals surface area contributed by atoms with E-state index in [1.807, 2.05) is 6.92 Å². The summed E-state index contributed by atoms with van der Waals surface area (Å²) in [6.07, 6.45) is 5.53. The summed E-state index contributed by atoms with van der Waals surface area (Å²) in [5.74, 6) is 3.23. The number of methoxy groups -OCH3 is 1. The molecule has 2 atom stereocenters. The average molecular weight is 601 g/mol. The number of allylic oxidation sites excluding steroid dienone is 1. The number of terminal acetylenes is 1. The number of aliphatic hydroxyl groups excluding tert-OH is 1. The summed E-state index contributed by atoms with van der Waals surface area (Å²) >= 11 is 6.33. The summed E-state index contributed by atoms with van der Waals surface area (Å²) in [6, 6.07) is 7.03. The van der Waals surface area contributed by atoms with Crippen LogP contribution in [0.5, 0.6) is 23.0 Å². The van der Waals surface area contributed by atoms with Gasteiger partial charge in [0, 0.05) is 5.70 Å². The van der Waals surface area contributed by atoms with Crippen LogP contribution in [0.25, 0.3) is 0 Å². The van der Waals surface area contributed by atoms with Crippen LogP contribution in [0.4, 0.5) is 4.79 Å². The average Bonchev–Trinajstić information content (AvgIpc) is 2.95. The number of carbonyl (C=O) groups excluding carboxylic acids is 2. The number of halogens is 1. The maximum atomic E-state index is 12.4. The number of nitrogens with one attached hydrogen (secondary N) is 3. The maximum absolute atomic E-state index is 12.4. The van der Waals surface area contributed by atoms with Gasteiger partial charge in [-0.2, -0.15) is 5.10 Å². The summed E-state index contributed by atoms with van der Waals surface area (Å²) in [4.78, 5) is 24.5. The van der Waals surface area contributed by atoms with Crippen molar-refractivity contribution >= 4 is 29.8 Å². The zero-order valence-corrected chi connectivity index (χ0v) is 24.4. The predicted molar refractivity (Wildman–Crippen MR) is 156 cm³/mol. The number of hydrogen-bond acceptors (Lipinski definition) is 10. The van der Waals surface area contributed by atoms with Crippen LogP contribution in [0.3, 0.4) is 0 Å². The van der Waals surface area contributed by atoms with Crippen molar-refractivity contribution in [3.63, 3.8) is 0 Å². The van der Waals surface area contributed by atoms with Crippen LogP contribution in [0.1, 0.15) is 37.9 Å². The Labute approximate surface area is 248 Å². The number of esters is 1. The number of hydrazone groups is 1. The Morgan fingerprint density at radius 1 is 1.17 bits per heavy atom. The van der Waals surface area contributed by atoms with E-state index in [0.29, 0.717) is 58.1 Å². The molecule has 224 valence electrons. The molecule has 0 bridgehead atoms. The molecule has 0 saturated carbocycles. The third kappa shape index (κ3) is 8.22. The second kappa shape index (κ2) is 15.4. The molecular weight excluding hydrogens is 568 g/mol. The van der Waals surface area contributed by atoms with Crippen LogP contribution in [0, 0.1) is 12.3 Å². The first-order chi connectivity index (χ1) is 20.2. The van der Waals surface area contributed by atoms with Gasteiger partial charge in [0.25, 0.3) is 0 Å². The van der Waals surface area contributed by atoms with Crippen molar-refractivity contribution in [3.05, 3.63) is 57.8 Å². The first kappa shape index (κ1) is 31.9. The molecule has 4 N–H and O–H groups in total. The Bertz CT molecular complexity index is 1390. The molecule has 2 aromatic carbocycles. The van der Waals surface area contributed by atoms with E-state index in [9.17, 15) is 14.7 Å². The molecule has 1 heterocycles. The Hall–Kier alpha value is -4.60. The van der Waals surface area contributed by atoms with Gasteiger partial charge in [-0.15, -0.1) is 6.42 Å².